The molecule has 2 nitrogen and oxygen atoms in total. The van der Waals surface area contributed by atoms with Crippen molar-refractivity contribution < 1.29 is 5.11 Å². The molecule has 0 radical (unpaired) electrons. The monoisotopic (exact) mass is 189 g/mol. The molecule has 0 aliphatic rings. The van der Waals surface area contributed by atoms with Gasteiger partial charge in [-0.3, -0.25) is 0 Å². The minimum atomic E-state index is -0.948. The molecule has 0 spiro atoms. The van der Waals surface area contributed by atoms with Gasteiger partial charge in [-0.25, -0.2) is 0 Å². The van der Waals surface area contributed by atoms with E-state index in [1.54, 1.807) is 13.8 Å². The third kappa shape index (κ3) is 2.58. The maximum absolute atomic E-state index is 10.0. The molecule has 0 saturated carbocycles. The SMILES string of the molecule is CC(C#N)C(C)(O)Cc1ccccc1. The molecule has 2 atom stereocenters. The van der Waals surface area contributed by atoms with Gasteiger partial charge in [0, 0.05) is 6.42 Å². The van der Waals surface area contributed by atoms with Gasteiger partial charge in [-0.05, 0) is 19.4 Å². The molecule has 14 heavy (non-hydrogen) atoms. The van der Waals surface area contributed by atoms with Crippen LogP contribution in [0, 0.1) is 17.2 Å². The topological polar surface area (TPSA) is 44.0 Å². The van der Waals surface area contributed by atoms with Crippen molar-refractivity contribution in [2.24, 2.45) is 5.92 Å². The van der Waals surface area contributed by atoms with E-state index in [-0.39, 0.29) is 5.92 Å². The Balaban J connectivity index is 2.74. The second-order valence-corrected chi connectivity index (χ2v) is 3.87. The molecule has 0 amide bonds. The van der Waals surface area contributed by atoms with Crippen molar-refractivity contribution in [3.05, 3.63) is 35.9 Å². The average Bonchev–Trinajstić information content (AvgIpc) is 2.17. The van der Waals surface area contributed by atoms with Gasteiger partial charge in [0.15, 0.2) is 0 Å². The minimum absolute atomic E-state index is 0.359. The van der Waals surface area contributed by atoms with Crippen LogP contribution in [0.4, 0.5) is 0 Å². The molecule has 1 aromatic carbocycles. The van der Waals surface area contributed by atoms with Crippen molar-refractivity contribution in [1.82, 2.24) is 0 Å². The van der Waals surface area contributed by atoms with E-state index in [4.69, 9.17) is 5.26 Å². The highest BCUT2D eigenvalue weighted by atomic mass is 16.3. The highest BCUT2D eigenvalue weighted by Crippen LogP contribution is 2.21. The van der Waals surface area contributed by atoms with Crippen LogP contribution < -0.4 is 0 Å². The van der Waals surface area contributed by atoms with Gasteiger partial charge in [0.05, 0.1) is 17.6 Å². The van der Waals surface area contributed by atoms with Crippen molar-refractivity contribution in [1.29, 1.82) is 5.26 Å². The first-order valence-corrected chi connectivity index (χ1v) is 4.72. The summed E-state index contributed by atoms with van der Waals surface area (Å²) in [6.45, 7) is 3.44. The molecule has 2 unspecified atom stereocenters. The number of benzene rings is 1. The van der Waals surface area contributed by atoms with Crippen molar-refractivity contribution >= 4 is 0 Å². The standard InChI is InChI=1S/C12H15NO/c1-10(9-13)12(2,14)8-11-6-4-3-5-7-11/h3-7,10,14H,8H2,1-2H3. The summed E-state index contributed by atoms with van der Waals surface area (Å²) in [4.78, 5) is 0. The van der Waals surface area contributed by atoms with Gasteiger partial charge in [-0.1, -0.05) is 30.3 Å². The third-order valence-corrected chi connectivity index (χ3v) is 2.53. The Morgan fingerprint density at radius 1 is 1.43 bits per heavy atom. The van der Waals surface area contributed by atoms with Crippen LogP contribution in [0.25, 0.3) is 0 Å². The first-order chi connectivity index (χ1) is 6.56. The van der Waals surface area contributed by atoms with Crippen molar-refractivity contribution in [2.45, 2.75) is 25.9 Å². The number of aliphatic hydroxyl groups is 1. The fraction of sp³-hybridized carbons (Fsp3) is 0.417. The van der Waals surface area contributed by atoms with Crippen LogP contribution in [-0.2, 0) is 6.42 Å². The Bertz CT molecular complexity index is 324. The zero-order valence-electron chi connectivity index (χ0n) is 8.57. The Kier molecular flexibility index (Phi) is 3.27. The van der Waals surface area contributed by atoms with Crippen LogP contribution in [0.1, 0.15) is 19.4 Å². The fourth-order valence-electron chi connectivity index (χ4n) is 1.30. The Labute approximate surface area is 84.8 Å². The molecule has 0 bridgehead atoms. The summed E-state index contributed by atoms with van der Waals surface area (Å²) < 4.78 is 0. The third-order valence-electron chi connectivity index (χ3n) is 2.53. The first-order valence-electron chi connectivity index (χ1n) is 4.72. The van der Waals surface area contributed by atoms with Crippen LogP contribution in [-0.4, -0.2) is 10.7 Å². The van der Waals surface area contributed by atoms with E-state index in [1.807, 2.05) is 30.3 Å². The summed E-state index contributed by atoms with van der Waals surface area (Å²) in [6, 6.07) is 11.8. The summed E-state index contributed by atoms with van der Waals surface area (Å²) in [5.74, 6) is -0.359. The van der Waals surface area contributed by atoms with Gasteiger partial charge in [0.1, 0.15) is 0 Å². The van der Waals surface area contributed by atoms with Crippen molar-refractivity contribution in [2.75, 3.05) is 0 Å². The van der Waals surface area contributed by atoms with Crippen molar-refractivity contribution in [3.8, 4) is 6.07 Å². The van der Waals surface area contributed by atoms with E-state index in [0.717, 1.165) is 5.56 Å². The Morgan fingerprint density at radius 3 is 2.50 bits per heavy atom. The van der Waals surface area contributed by atoms with Crippen molar-refractivity contribution in [3.63, 3.8) is 0 Å². The fourth-order valence-corrected chi connectivity index (χ4v) is 1.30. The second kappa shape index (κ2) is 4.26. The zero-order valence-corrected chi connectivity index (χ0v) is 8.57. The van der Waals surface area contributed by atoms with E-state index in [2.05, 4.69) is 6.07 Å². The molecule has 0 saturated heterocycles. The highest BCUT2D eigenvalue weighted by molar-refractivity contribution is 5.17. The van der Waals surface area contributed by atoms with Crippen LogP contribution in [0.15, 0.2) is 30.3 Å². The lowest BCUT2D eigenvalue weighted by Crippen LogP contribution is -2.34. The molecule has 1 aromatic rings. The first kappa shape index (κ1) is 10.7. The smallest absolute Gasteiger partial charge is 0.0814 e. The molecule has 1 rings (SSSR count). The molecule has 0 fully saturated rings. The largest absolute Gasteiger partial charge is 0.388 e. The maximum Gasteiger partial charge on any atom is 0.0814 e. The predicted molar refractivity (Wildman–Crippen MR) is 55.5 cm³/mol. The predicted octanol–water partition coefficient (Wildman–Crippen LogP) is 2.14. The number of hydrogen-bond acceptors (Lipinski definition) is 2. The molecule has 1 N–H and O–H groups in total. The minimum Gasteiger partial charge on any atom is -0.388 e. The van der Waals surface area contributed by atoms with E-state index in [9.17, 15) is 5.11 Å². The number of hydrogen-bond donors (Lipinski definition) is 1. The van der Waals surface area contributed by atoms with E-state index in [1.165, 1.54) is 0 Å². The lowest BCUT2D eigenvalue weighted by Gasteiger charge is -2.25. The van der Waals surface area contributed by atoms with Gasteiger partial charge < -0.3 is 5.11 Å². The normalized spacial score (nSPS) is 16.7. The molecule has 0 aliphatic heterocycles. The van der Waals surface area contributed by atoms with Gasteiger partial charge in [-0.2, -0.15) is 5.26 Å². The molecule has 74 valence electrons. The zero-order chi connectivity index (χ0) is 10.6. The summed E-state index contributed by atoms with van der Waals surface area (Å²) in [5, 5.41) is 18.8. The lowest BCUT2D eigenvalue weighted by atomic mass is 9.86. The highest BCUT2D eigenvalue weighted by Gasteiger charge is 2.28. The summed E-state index contributed by atoms with van der Waals surface area (Å²) in [7, 11) is 0. The van der Waals surface area contributed by atoms with Gasteiger partial charge in [0.25, 0.3) is 0 Å². The molecular formula is C12H15NO. The van der Waals surface area contributed by atoms with Crippen LogP contribution >= 0.6 is 0 Å². The van der Waals surface area contributed by atoms with Crippen LogP contribution in [0.5, 0.6) is 0 Å². The van der Waals surface area contributed by atoms with E-state index >= 15 is 0 Å². The molecule has 2 heteroatoms. The molecule has 0 heterocycles. The maximum atomic E-state index is 10.0. The average molecular weight is 189 g/mol. The van der Waals surface area contributed by atoms with Gasteiger partial charge >= 0.3 is 0 Å². The number of rotatable bonds is 3. The molecule has 0 aliphatic carbocycles. The lowest BCUT2D eigenvalue weighted by molar-refractivity contribution is 0.0277. The van der Waals surface area contributed by atoms with E-state index in [0.29, 0.717) is 6.42 Å². The number of nitrogens with zero attached hydrogens (tertiary/aromatic N) is 1. The summed E-state index contributed by atoms with van der Waals surface area (Å²) >= 11 is 0. The summed E-state index contributed by atoms with van der Waals surface area (Å²) in [5.41, 5.74) is 0.107. The van der Waals surface area contributed by atoms with Crippen LogP contribution in [0.2, 0.25) is 0 Å². The molecular weight excluding hydrogens is 174 g/mol. The Hall–Kier alpha value is -1.33. The van der Waals surface area contributed by atoms with Gasteiger partial charge in [-0.15, -0.1) is 0 Å². The number of nitriles is 1. The quantitative estimate of drug-likeness (QED) is 0.791. The molecule has 0 aromatic heterocycles. The van der Waals surface area contributed by atoms with E-state index < -0.39 is 5.60 Å². The summed E-state index contributed by atoms with van der Waals surface area (Å²) in [6.07, 6.45) is 0.516. The van der Waals surface area contributed by atoms with Crippen LogP contribution in [0.3, 0.4) is 0 Å². The van der Waals surface area contributed by atoms with Gasteiger partial charge in [0.2, 0.25) is 0 Å². The second-order valence-electron chi connectivity index (χ2n) is 3.87. The Morgan fingerprint density at radius 2 is 2.00 bits per heavy atom.